The molecule has 0 amide bonds. The van der Waals surface area contributed by atoms with Crippen molar-refractivity contribution in [2.75, 3.05) is 11.4 Å². The zero-order valence-electron chi connectivity index (χ0n) is 15.4. The minimum atomic E-state index is -6.04. The molecule has 0 aliphatic heterocycles. The lowest BCUT2D eigenvalue weighted by atomic mass is 9.87. The van der Waals surface area contributed by atoms with Crippen LogP contribution in [0.1, 0.15) is 16.7 Å². The van der Waals surface area contributed by atoms with E-state index in [-0.39, 0.29) is 16.1 Å². The van der Waals surface area contributed by atoms with Gasteiger partial charge in [-0.25, -0.2) is 8.42 Å². The molecule has 1 N–H and O–H groups in total. The number of alkyl halides is 6. The zero-order valence-corrected chi connectivity index (χ0v) is 16.2. The molecular formula is C18H17F6NO3S. The van der Waals surface area contributed by atoms with Crippen LogP contribution in [-0.2, 0) is 15.6 Å². The van der Waals surface area contributed by atoms with E-state index in [2.05, 4.69) is 0 Å². The van der Waals surface area contributed by atoms with Gasteiger partial charge in [0.15, 0.2) is 0 Å². The van der Waals surface area contributed by atoms with Crippen molar-refractivity contribution in [1.82, 2.24) is 0 Å². The lowest BCUT2D eigenvalue weighted by Crippen LogP contribution is -2.54. The molecule has 2 rings (SSSR count). The van der Waals surface area contributed by atoms with E-state index in [1.807, 2.05) is 0 Å². The lowest BCUT2D eigenvalue weighted by Gasteiger charge is -2.34. The lowest BCUT2D eigenvalue weighted by molar-refractivity contribution is -0.376. The van der Waals surface area contributed by atoms with Gasteiger partial charge >= 0.3 is 12.4 Å². The number of hydrogen-bond donors (Lipinski definition) is 1. The number of halogens is 6. The number of rotatable bonds is 4. The topological polar surface area (TPSA) is 57.6 Å². The van der Waals surface area contributed by atoms with Crippen LogP contribution in [0.3, 0.4) is 0 Å². The van der Waals surface area contributed by atoms with Gasteiger partial charge in [0.1, 0.15) is 0 Å². The smallest absolute Gasteiger partial charge is 0.369 e. The molecule has 2 aromatic carbocycles. The quantitative estimate of drug-likeness (QED) is 0.714. The van der Waals surface area contributed by atoms with Crippen molar-refractivity contribution in [3.8, 4) is 0 Å². The van der Waals surface area contributed by atoms with Crippen molar-refractivity contribution in [1.29, 1.82) is 0 Å². The molecule has 29 heavy (non-hydrogen) atoms. The Morgan fingerprint density at radius 3 is 1.79 bits per heavy atom. The highest BCUT2D eigenvalue weighted by Crippen LogP contribution is 2.51. The largest absolute Gasteiger partial charge is 0.430 e. The highest BCUT2D eigenvalue weighted by Gasteiger charge is 2.71. The van der Waals surface area contributed by atoms with Gasteiger partial charge in [-0.15, -0.1) is 0 Å². The van der Waals surface area contributed by atoms with Gasteiger partial charge in [-0.3, -0.25) is 4.31 Å². The molecule has 0 unspecified atom stereocenters. The van der Waals surface area contributed by atoms with Crippen molar-refractivity contribution < 1.29 is 39.9 Å². The Labute approximate surface area is 163 Å². The second kappa shape index (κ2) is 7.21. The third kappa shape index (κ3) is 3.80. The molecule has 0 fully saturated rings. The Balaban J connectivity index is 2.66. The van der Waals surface area contributed by atoms with E-state index in [1.165, 1.54) is 24.3 Å². The Kier molecular flexibility index (Phi) is 5.72. The summed E-state index contributed by atoms with van der Waals surface area (Å²) < 4.78 is 105. The van der Waals surface area contributed by atoms with Crippen molar-refractivity contribution >= 4 is 15.7 Å². The fourth-order valence-corrected chi connectivity index (χ4v) is 4.15. The Morgan fingerprint density at radius 1 is 0.862 bits per heavy atom. The Morgan fingerprint density at radius 2 is 1.34 bits per heavy atom. The summed E-state index contributed by atoms with van der Waals surface area (Å²) in [7, 11) is -2.98. The van der Waals surface area contributed by atoms with E-state index in [1.54, 1.807) is 6.07 Å². The van der Waals surface area contributed by atoms with E-state index in [0.717, 1.165) is 31.3 Å². The van der Waals surface area contributed by atoms with Crippen LogP contribution in [0.15, 0.2) is 47.4 Å². The molecule has 0 radical (unpaired) electrons. The fourth-order valence-electron chi connectivity index (χ4n) is 2.88. The molecule has 4 nitrogen and oxygen atoms in total. The Bertz CT molecular complexity index is 987. The number of benzene rings is 2. The van der Waals surface area contributed by atoms with Gasteiger partial charge in [0, 0.05) is 12.6 Å². The number of aliphatic hydroxyl groups is 1. The number of hydrogen-bond acceptors (Lipinski definition) is 3. The third-order valence-corrected chi connectivity index (χ3v) is 6.28. The van der Waals surface area contributed by atoms with E-state index < -0.39 is 39.1 Å². The zero-order chi connectivity index (χ0) is 22.4. The van der Waals surface area contributed by atoms with Crippen LogP contribution < -0.4 is 4.31 Å². The molecule has 0 aromatic heterocycles. The van der Waals surface area contributed by atoms with Crippen LogP contribution in [0.5, 0.6) is 0 Å². The summed E-state index contributed by atoms with van der Waals surface area (Å²) in [5.41, 5.74) is -7.40. The summed E-state index contributed by atoms with van der Waals surface area (Å²) in [5, 5.41) is 9.65. The molecule has 0 heterocycles. The van der Waals surface area contributed by atoms with Crippen LogP contribution in [-0.4, -0.2) is 32.9 Å². The summed E-state index contributed by atoms with van der Waals surface area (Å²) in [6.45, 7) is 2.09. The van der Waals surface area contributed by atoms with Gasteiger partial charge in [0.05, 0.1) is 10.6 Å². The molecule has 2 aromatic rings. The van der Waals surface area contributed by atoms with Crippen LogP contribution in [0.25, 0.3) is 0 Å². The molecule has 0 atom stereocenters. The fraction of sp³-hybridized carbons (Fsp3) is 0.333. The van der Waals surface area contributed by atoms with Crippen LogP contribution in [0.4, 0.5) is 32.0 Å². The average Bonchev–Trinajstić information content (AvgIpc) is 2.60. The minimum absolute atomic E-state index is 0.106. The van der Waals surface area contributed by atoms with E-state index >= 15 is 0 Å². The summed E-state index contributed by atoms with van der Waals surface area (Å²) >= 11 is 0. The summed E-state index contributed by atoms with van der Waals surface area (Å²) in [6, 6.07) is 8.49. The van der Waals surface area contributed by atoms with Gasteiger partial charge in [0.2, 0.25) is 0 Å². The monoisotopic (exact) mass is 441 g/mol. The van der Waals surface area contributed by atoms with Crippen LogP contribution in [0.2, 0.25) is 0 Å². The Hall–Kier alpha value is -2.27. The van der Waals surface area contributed by atoms with Gasteiger partial charge in [-0.2, -0.15) is 26.3 Å². The van der Waals surface area contributed by atoms with Crippen molar-refractivity contribution in [2.45, 2.75) is 36.7 Å². The van der Waals surface area contributed by atoms with Gasteiger partial charge in [-0.1, -0.05) is 24.3 Å². The SMILES string of the molecule is Cc1cc(C(O)(C(F)(F)F)C(F)(F)F)c(C)cc1N(C)S(=O)(=O)c1ccccc1. The van der Waals surface area contributed by atoms with Crippen molar-refractivity contribution in [3.63, 3.8) is 0 Å². The first-order chi connectivity index (χ1) is 13.0. The molecule has 0 aliphatic rings. The van der Waals surface area contributed by atoms with Gasteiger partial charge in [-0.05, 0) is 43.2 Å². The standard InChI is InChI=1S/C18H17F6NO3S/c1-11-10-15(25(3)29(27,28)13-7-5-4-6-8-13)12(2)9-14(11)16(26,17(19,20)21)18(22,23)24/h4-10,26H,1-3H3. The molecule has 0 aliphatic carbocycles. The highest BCUT2D eigenvalue weighted by atomic mass is 32.2. The number of sulfonamides is 1. The predicted molar refractivity (Wildman–Crippen MR) is 94.0 cm³/mol. The number of nitrogens with zero attached hydrogens (tertiary/aromatic N) is 1. The first-order valence-corrected chi connectivity index (χ1v) is 9.50. The van der Waals surface area contributed by atoms with Crippen LogP contribution >= 0.6 is 0 Å². The van der Waals surface area contributed by atoms with Crippen molar-refractivity contribution in [3.05, 3.63) is 59.2 Å². The number of anilines is 1. The van der Waals surface area contributed by atoms with E-state index in [4.69, 9.17) is 0 Å². The molecule has 11 heteroatoms. The maximum absolute atomic E-state index is 13.2. The second-order valence-corrected chi connectivity index (χ2v) is 8.41. The average molecular weight is 441 g/mol. The molecule has 0 saturated carbocycles. The molecular weight excluding hydrogens is 424 g/mol. The molecule has 160 valence electrons. The molecule has 0 spiro atoms. The highest BCUT2D eigenvalue weighted by molar-refractivity contribution is 7.92. The summed E-state index contributed by atoms with van der Waals surface area (Å²) in [5.74, 6) is 0. The maximum atomic E-state index is 13.2. The third-order valence-electron chi connectivity index (χ3n) is 4.49. The minimum Gasteiger partial charge on any atom is -0.369 e. The summed E-state index contributed by atoms with van der Waals surface area (Å²) in [6.07, 6.45) is -12.1. The molecule has 0 saturated heterocycles. The summed E-state index contributed by atoms with van der Waals surface area (Å²) in [4.78, 5) is -0.106. The first-order valence-electron chi connectivity index (χ1n) is 8.06. The van der Waals surface area contributed by atoms with Gasteiger partial charge < -0.3 is 5.11 Å². The second-order valence-electron chi connectivity index (χ2n) is 6.45. The predicted octanol–water partition coefficient (Wildman–Crippen LogP) is 4.44. The van der Waals surface area contributed by atoms with Gasteiger partial charge in [0.25, 0.3) is 15.6 Å². The van der Waals surface area contributed by atoms with Crippen LogP contribution in [0, 0.1) is 13.8 Å². The molecule has 0 bridgehead atoms. The number of aryl methyl sites for hydroxylation is 2. The maximum Gasteiger partial charge on any atom is 0.430 e. The normalized spacial score (nSPS) is 13.4. The first kappa shape index (κ1) is 23.0. The van der Waals surface area contributed by atoms with E-state index in [0.29, 0.717) is 6.07 Å². The van der Waals surface area contributed by atoms with Crippen molar-refractivity contribution in [2.24, 2.45) is 0 Å². The van der Waals surface area contributed by atoms with E-state index in [9.17, 15) is 39.9 Å².